The smallest absolute Gasteiger partial charge is 0.243 e. The zero-order valence-electron chi connectivity index (χ0n) is 15.3. The maximum Gasteiger partial charge on any atom is 0.243 e. The monoisotopic (exact) mass is 374 g/mol. The number of nitrogens with zero attached hydrogens (tertiary/aromatic N) is 2. The third-order valence-electron chi connectivity index (χ3n) is 5.06. The van der Waals surface area contributed by atoms with Gasteiger partial charge in [0.1, 0.15) is 0 Å². The summed E-state index contributed by atoms with van der Waals surface area (Å²) in [4.78, 5) is 2.47. The Labute approximate surface area is 155 Å². The molecule has 0 spiro atoms. The molecule has 1 aliphatic rings. The summed E-state index contributed by atoms with van der Waals surface area (Å²) in [5, 5.41) is 10.4. The van der Waals surface area contributed by atoms with Crippen LogP contribution in [0.4, 0.5) is 0 Å². The van der Waals surface area contributed by atoms with Gasteiger partial charge in [-0.1, -0.05) is 36.4 Å². The zero-order chi connectivity index (χ0) is 18.7. The van der Waals surface area contributed by atoms with Gasteiger partial charge in [-0.25, -0.2) is 8.42 Å². The maximum absolute atomic E-state index is 12.9. The summed E-state index contributed by atoms with van der Waals surface area (Å²) < 4.78 is 27.3. The highest BCUT2D eigenvalue weighted by atomic mass is 32.2. The van der Waals surface area contributed by atoms with Gasteiger partial charge >= 0.3 is 0 Å². The lowest BCUT2D eigenvalue weighted by Gasteiger charge is -2.35. The molecule has 26 heavy (non-hydrogen) atoms. The molecule has 0 bridgehead atoms. The van der Waals surface area contributed by atoms with Crippen LogP contribution in [0.3, 0.4) is 0 Å². The number of piperazine rings is 1. The molecule has 5 nitrogen and oxygen atoms in total. The summed E-state index contributed by atoms with van der Waals surface area (Å²) in [5.74, 6) is 0. The quantitative estimate of drug-likeness (QED) is 0.873. The van der Waals surface area contributed by atoms with Crippen LogP contribution in [-0.4, -0.2) is 55.5 Å². The van der Waals surface area contributed by atoms with Crippen molar-refractivity contribution in [3.63, 3.8) is 0 Å². The van der Waals surface area contributed by atoms with Crippen LogP contribution >= 0.6 is 0 Å². The van der Waals surface area contributed by atoms with E-state index in [1.165, 1.54) is 0 Å². The number of hydrogen-bond donors (Lipinski definition) is 1. The van der Waals surface area contributed by atoms with Crippen LogP contribution in [0.15, 0.2) is 53.4 Å². The Morgan fingerprint density at radius 2 is 1.62 bits per heavy atom. The molecule has 140 valence electrons. The lowest BCUT2D eigenvalue weighted by atomic mass is 10.1. The first kappa shape index (κ1) is 19.0. The largest absolute Gasteiger partial charge is 0.387 e. The van der Waals surface area contributed by atoms with E-state index in [1.54, 1.807) is 16.4 Å². The van der Waals surface area contributed by atoms with Gasteiger partial charge in [0, 0.05) is 32.7 Å². The van der Waals surface area contributed by atoms with Crippen LogP contribution < -0.4 is 0 Å². The average Bonchev–Trinajstić information content (AvgIpc) is 2.65. The highest BCUT2D eigenvalue weighted by Crippen LogP contribution is 2.21. The van der Waals surface area contributed by atoms with Crippen LogP contribution in [0.25, 0.3) is 0 Å². The molecule has 0 radical (unpaired) electrons. The minimum Gasteiger partial charge on any atom is -0.387 e. The summed E-state index contributed by atoms with van der Waals surface area (Å²) in [7, 11) is -3.46. The Hall–Kier alpha value is -1.73. The van der Waals surface area contributed by atoms with Gasteiger partial charge in [-0.05, 0) is 42.7 Å². The molecule has 0 saturated carbocycles. The van der Waals surface area contributed by atoms with Crippen molar-refractivity contribution in [2.45, 2.75) is 24.8 Å². The van der Waals surface area contributed by atoms with Crippen LogP contribution in [0.1, 0.15) is 22.8 Å². The van der Waals surface area contributed by atoms with E-state index in [0.29, 0.717) is 37.6 Å². The third-order valence-corrected chi connectivity index (χ3v) is 6.96. The molecule has 0 aliphatic carbocycles. The average molecular weight is 375 g/mol. The van der Waals surface area contributed by atoms with E-state index in [9.17, 15) is 13.5 Å². The molecule has 2 aromatic carbocycles. The highest BCUT2D eigenvalue weighted by Gasteiger charge is 2.29. The number of aliphatic hydroxyl groups excluding tert-OH is 1. The maximum atomic E-state index is 12.9. The first-order chi connectivity index (χ1) is 12.4. The van der Waals surface area contributed by atoms with E-state index in [1.807, 2.05) is 50.2 Å². The first-order valence-corrected chi connectivity index (χ1v) is 10.3. The summed E-state index contributed by atoms with van der Waals surface area (Å²) in [6, 6.07) is 14.8. The summed E-state index contributed by atoms with van der Waals surface area (Å²) in [6.45, 7) is 6.54. The number of sulfonamides is 1. The van der Waals surface area contributed by atoms with E-state index >= 15 is 0 Å². The minimum absolute atomic E-state index is 0.360. The summed E-state index contributed by atoms with van der Waals surface area (Å²) in [5.41, 5.74) is 2.96. The van der Waals surface area contributed by atoms with Gasteiger partial charge < -0.3 is 5.11 Å². The molecule has 0 unspecified atom stereocenters. The summed E-state index contributed by atoms with van der Waals surface area (Å²) >= 11 is 0. The van der Waals surface area contributed by atoms with Gasteiger partial charge in [0.05, 0.1) is 11.0 Å². The predicted octanol–water partition coefficient (Wildman–Crippen LogP) is 2.34. The number of benzene rings is 2. The Morgan fingerprint density at radius 1 is 0.962 bits per heavy atom. The van der Waals surface area contributed by atoms with Crippen molar-refractivity contribution in [3.05, 3.63) is 65.2 Å². The zero-order valence-corrected chi connectivity index (χ0v) is 16.1. The molecule has 3 rings (SSSR count). The van der Waals surface area contributed by atoms with Gasteiger partial charge in [0.25, 0.3) is 0 Å². The second-order valence-electron chi connectivity index (χ2n) is 6.88. The van der Waals surface area contributed by atoms with E-state index in [4.69, 9.17) is 0 Å². The fourth-order valence-electron chi connectivity index (χ4n) is 3.20. The second-order valence-corrected chi connectivity index (χ2v) is 8.82. The van der Waals surface area contributed by atoms with Crippen molar-refractivity contribution in [1.29, 1.82) is 0 Å². The normalized spacial score (nSPS) is 18.0. The van der Waals surface area contributed by atoms with Gasteiger partial charge in [-0.15, -0.1) is 0 Å². The van der Waals surface area contributed by atoms with Crippen molar-refractivity contribution in [2.75, 3.05) is 32.7 Å². The van der Waals surface area contributed by atoms with Crippen molar-refractivity contribution < 1.29 is 13.5 Å². The van der Waals surface area contributed by atoms with Crippen molar-refractivity contribution in [2.24, 2.45) is 0 Å². The van der Waals surface area contributed by atoms with E-state index in [0.717, 1.165) is 16.7 Å². The first-order valence-electron chi connectivity index (χ1n) is 8.91. The number of aliphatic hydroxyl groups is 1. The van der Waals surface area contributed by atoms with Crippen molar-refractivity contribution >= 4 is 10.0 Å². The summed E-state index contributed by atoms with van der Waals surface area (Å²) in [6.07, 6.45) is -0.556. The SMILES string of the molecule is Cc1ccc(S(=O)(=O)N2CCN(C[C@@H](O)c3ccccc3)CC2)cc1C. The fraction of sp³-hybridized carbons (Fsp3) is 0.400. The van der Waals surface area contributed by atoms with E-state index in [2.05, 4.69) is 4.90 Å². The lowest BCUT2D eigenvalue weighted by molar-refractivity contribution is 0.0921. The number of aryl methyl sites for hydroxylation is 2. The molecule has 1 N–H and O–H groups in total. The third kappa shape index (κ3) is 4.15. The fourth-order valence-corrected chi connectivity index (χ4v) is 4.71. The molecule has 2 aromatic rings. The van der Waals surface area contributed by atoms with E-state index < -0.39 is 16.1 Å². The van der Waals surface area contributed by atoms with Crippen molar-refractivity contribution in [3.8, 4) is 0 Å². The molecule has 0 amide bonds. The van der Waals surface area contributed by atoms with E-state index in [-0.39, 0.29) is 0 Å². The molecule has 1 atom stereocenters. The number of β-amino-alcohol motifs (C(OH)–C–C–N with tert-alkyl or cyclic N) is 1. The number of rotatable bonds is 5. The molecule has 1 saturated heterocycles. The van der Waals surface area contributed by atoms with Crippen LogP contribution in [0.2, 0.25) is 0 Å². The van der Waals surface area contributed by atoms with Crippen molar-refractivity contribution in [1.82, 2.24) is 9.21 Å². The van der Waals surface area contributed by atoms with Gasteiger partial charge in [-0.3, -0.25) is 4.90 Å². The molecule has 1 heterocycles. The number of hydrogen-bond acceptors (Lipinski definition) is 4. The van der Waals surface area contributed by atoms with Gasteiger partial charge in [0.2, 0.25) is 10.0 Å². The van der Waals surface area contributed by atoms with Crippen LogP contribution in [0, 0.1) is 13.8 Å². The molecule has 1 aliphatic heterocycles. The topological polar surface area (TPSA) is 60.9 Å². The molecule has 6 heteroatoms. The van der Waals surface area contributed by atoms with Crippen LogP contribution in [-0.2, 0) is 10.0 Å². The van der Waals surface area contributed by atoms with Gasteiger partial charge in [-0.2, -0.15) is 4.31 Å². The standard InChI is InChI=1S/C20H26N2O3S/c1-16-8-9-19(14-17(16)2)26(24,25)22-12-10-21(11-13-22)15-20(23)18-6-4-3-5-7-18/h3-9,14,20,23H,10-13,15H2,1-2H3/t20-/m1/s1. The molecular weight excluding hydrogens is 348 g/mol. The Kier molecular flexibility index (Phi) is 5.77. The lowest BCUT2D eigenvalue weighted by Crippen LogP contribution is -2.49. The Morgan fingerprint density at radius 3 is 2.23 bits per heavy atom. The minimum atomic E-state index is -3.46. The Balaban J connectivity index is 1.61. The molecule has 1 fully saturated rings. The predicted molar refractivity (Wildman–Crippen MR) is 103 cm³/mol. The molecular formula is C20H26N2O3S. The molecule has 0 aromatic heterocycles. The highest BCUT2D eigenvalue weighted by molar-refractivity contribution is 7.89. The second kappa shape index (κ2) is 7.88. The van der Waals surface area contributed by atoms with Gasteiger partial charge in [0.15, 0.2) is 0 Å². The van der Waals surface area contributed by atoms with Crippen LogP contribution in [0.5, 0.6) is 0 Å². The Bertz CT molecular complexity index is 845.